The molecule has 40 valence electrons. The maximum atomic E-state index is 8.21. The summed E-state index contributed by atoms with van der Waals surface area (Å²) in [6.07, 6.45) is 0.639. The Hall–Kier alpha value is -1.24. The molecular weight excluding hydrogens is 104 g/mol. The number of nitrogens with zero attached hydrogens (tertiary/aromatic N) is 4. The van der Waals surface area contributed by atoms with Gasteiger partial charge in [-0.25, -0.2) is 0 Å². The van der Waals surface area contributed by atoms with Crippen LogP contribution in [-0.2, 0) is 0 Å². The van der Waals surface area contributed by atoms with Crippen molar-refractivity contribution in [3.05, 3.63) is 0 Å². The van der Waals surface area contributed by atoms with Crippen LogP contribution in [0.4, 0.5) is 0 Å². The summed E-state index contributed by atoms with van der Waals surface area (Å²) in [5, 5.41) is 18.6. The maximum absolute atomic E-state index is 8.21. The molecule has 0 saturated carbocycles. The Morgan fingerprint density at radius 3 is 2.88 bits per heavy atom. The first-order valence-electron chi connectivity index (χ1n) is 2.27. The van der Waals surface area contributed by atoms with E-state index in [0.717, 1.165) is 0 Å². The van der Waals surface area contributed by atoms with E-state index < -0.39 is 0 Å². The highest BCUT2D eigenvalue weighted by molar-refractivity contribution is 5.98. The van der Waals surface area contributed by atoms with Crippen molar-refractivity contribution in [1.29, 1.82) is 5.26 Å². The average molecular weight is 108 g/mol. The van der Waals surface area contributed by atoms with Gasteiger partial charge in [-0.15, -0.1) is 5.10 Å². The van der Waals surface area contributed by atoms with Crippen LogP contribution in [0.15, 0.2) is 15.4 Å². The van der Waals surface area contributed by atoms with Crippen LogP contribution in [0.1, 0.15) is 6.42 Å². The fourth-order valence-electron chi connectivity index (χ4n) is 0.414. The smallest absolute Gasteiger partial charge is 0.144 e. The van der Waals surface area contributed by atoms with Crippen LogP contribution >= 0.6 is 0 Å². The van der Waals surface area contributed by atoms with Crippen molar-refractivity contribution in [1.82, 2.24) is 0 Å². The number of nitriles is 1. The highest BCUT2D eigenvalue weighted by Crippen LogP contribution is 1.95. The number of hydrogen-bond donors (Lipinski definition) is 0. The molecule has 0 bridgehead atoms. The Kier molecular flexibility index (Phi) is 1.33. The van der Waals surface area contributed by atoms with Crippen LogP contribution in [0, 0.1) is 11.3 Å². The lowest BCUT2D eigenvalue weighted by molar-refractivity contribution is 0.853. The van der Waals surface area contributed by atoms with Crippen LogP contribution in [0.5, 0.6) is 0 Å². The van der Waals surface area contributed by atoms with Crippen LogP contribution in [0.3, 0.4) is 0 Å². The molecule has 0 radical (unpaired) electrons. The van der Waals surface area contributed by atoms with Gasteiger partial charge in [-0.3, -0.25) is 0 Å². The van der Waals surface area contributed by atoms with Gasteiger partial charge in [0.25, 0.3) is 0 Å². The minimum Gasteiger partial charge on any atom is -0.191 e. The van der Waals surface area contributed by atoms with E-state index in [-0.39, 0.29) is 0 Å². The summed E-state index contributed by atoms with van der Waals surface area (Å²) in [6.45, 7) is 0.604. The summed E-state index contributed by atoms with van der Waals surface area (Å²) in [7, 11) is 0. The molecule has 0 aromatic carbocycles. The summed E-state index contributed by atoms with van der Waals surface area (Å²) >= 11 is 0. The van der Waals surface area contributed by atoms with Crippen molar-refractivity contribution in [2.45, 2.75) is 6.42 Å². The fraction of sp³-hybridized carbons (Fsp3) is 0.500. The van der Waals surface area contributed by atoms with E-state index in [1.54, 1.807) is 0 Å². The van der Waals surface area contributed by atoms with Crippen molar-refractivity contribution >= 4 is 5.71 Å². The molecule has 0 N–H and O–H groups in total. The van der Waals surface area contributed by atoms with Crippen LogP contribution < -0.4 is 0 Å². The first-order valence-corrected chi connectivity index (χ1v) is 2.27. The Labute approximate surface area is 46.5 Å². The van der Waals surface area contributed by atoms with Gasteiger partial charge in [0, 0.05) is 6.42 Å². The minimum absolute atomic E-state index is 0.472. The lowest BCUT2D eigenvalue weighted by Crippen LogP contribution is -1.98. The highest BCUT2D eigenvalue weighted by atomic mass is 15.4. The Bertz CT molecular complexity index is 173. The number of hydrogen-bond acceptors (Lipinski definition) is 4. The van der Waals surface area contributed by atoms with E-state index >= 15 is 0 Å². The normalized spacial score (nSPS) is 17.1. The van der Waals surface area contributed by atoms with Crippen LogP contribution in [-0.4, -0.2) is 12.3 Å². The van der Waals surface area contributed by atoms with Crippen molar-refractivity contribution in [2.24, 2.45) is 15.4 Å². The SMILES string of the molecule is N#CC1=NN=NCC1. The summed E-state index contributed by atoms with van der Waals surface area (Å²) in [6, 6.07) is 1.90. The Morgan fingerprint density at radius 1 is 1.62 bits per heavy atom. The van der Waals surface area contributed by atoms with E-state index in [1.165, 1.54) is 0 Å². The van der Waals surface area contributed by atoms with Crippen molar-refractivity contribution < 1.29 is 0 Å². The zero-order valence-electron chi connectivity index (χ0n) is 4.20. The summed E-state index contributed by atoms with van der Waals surface area (Å²) in [4.78, 5) is 0. The first-order chi connectivity index (χ1) is 3.93. The average Bonchev–Trinajstić information content (AvgIpc) is 1.90. The molecule has 4 nitrogen and oxygen atoms in total. The monoisotopic (exact) mass is 108 g/mol. The lowest BCUT2D eigenvalue weighted by atomic mass is 10.3. The van der Waals surface area contributed by atoms with Crippen LogP contribution in [0.2, 0.25) is 0 Å². The second kappa shape index (κ2) is 2.17. The molecule has 1 heterocycles. The second-order valence-corrected chi connectivity index (χ2v) is 1.36. The molecule has 0 atom stereocenters. The molecular formula is C4H4N4. The molecule has 0 saturated heterocycles. The first kappa shape index (κ1) is 4.91. The highest BCUT2D eigenvalue weighted by Gasteiger charge is 1.98. The quantitative estimate of drug-likeness (QED) is 0.451. The molecule has 8 heavy (non-hydrogen) atoms. The molecule has 0 unspecified atom stereocenters. The molecule has 0 aromatic rings. The Morgan fingerprint density at radius 2 is 2.50 bits per heavy atom. The topological polar surface area (TPSA) is 60.9 Å². The summed E-state index contributed by atoms with van der Waals surface area (Å²) in [5.41, 5.74) is 0.472. The van der Waals surface area contributed by atoms with Crippen LogP contribution in [0.25, 0.3) is 0 Å². The summed E-state index contributed by atoms with van der Waals surface area (Å²) < 4.78 is 0. The fourth-order valence-corrected chi connectivity index (χ4v) is 0.414. The van der Waals surface area contributed by atoms with Crippen molar-refractivity contribution in [2.75, 3.05) is 6.54 Å². The molecule has 0 aliphatic carbocycles. The molecule has 1 aliphatic rings. The molecule has 0 spiro atoms. The molecule has 0 amide bonds. The molecule has 0 fully saturated rings. The van der Waals surface area contributed by atoms with Gasteiger partial charge in [0.15, 0.2) is 0 Å². The molecule has 0 aromatic heterocycles. The van der Waals surface area contributed by atoms with Gasteiger partial charge in [-0.05, 0) is 5.22 Å². The van der Waals surface area contributed by atoms with E-state index in [1.807, 2.05) is 6.07 Å². The molecule has 1 aliphatic heterocycles. The third-order valence-corrected chi connectivity index (χ3v) is 0.806. The predicted molar refractivity (Wildman–Crippen MR) is 27.4 cm³/mol. The number of rotatable bonds is 0. The minimum atomic E-state index is 0.472. The standard InChI is InChI=1S/C4H4N4/c5-3-4-1-2-6-8-7-4/h1-2H2. The van der Waals surface area contributed by atoms with E-state index in [4.69, 9.17) is 5.26 Å². The third-order valence-electron chi connectivity index (χ3n) is 0.806. The van der Waals surface area contributed by atoms with Gasteiger partial charge in [0.2, 0.25) is 0 Å². The van der Waals surface area contributed by atoms with Gasteiger partial charge in [0.05, 0.1) is 6.54 Å². The van der Waals surface area contributed by atoms with Gasteiger partial charge < -0.3 is 0 Å². The summed E-state index contributed by atoms with van der Waals surface area (Å²) in [5.74, 6) is 0. The van der Waals surface area contributed by atoms with E-state index in [2.05, 4.69) is 15.4 Å². The van der Waals surface area contributed by atoms with Gasteiger partial charge in [-0.1, -0.05) is 0 Å². The predicted octanol–water partition coefficient (Wildman–Crippen LogP) is 0.722. The lowest BCUT2D eigenvalue weighted by Gasteiger charge is -1.92. The second-order valence-electron chi connectivity index (χ2n) is 1.36. The van der Waals surface area contributed by atoms with Crippen molar-refractivity contribution in [3.63, 3.8) is 0 Å². The van der Waals surface area contributed by atoms with E-state index in [0.29, 0.717) is 18.7 Å². The Balaban J connectivity index is 2.67. The van der Waals surface area contributed by atoms with Gasteiger partial charge >= 0.3 is 0 Å². The zero-order chi connectivity index (χ0) is 5.82. The zero-order valence-corrected chi connectivity index (χ0v) is 4.20. The van der Waals surface area contributed by atoms with E-state index in [9.17, 15) is 0 Å². The molecule has 1 rings (SSSR count). The van der Waals surface area contributed by atoms with Gasteiger partial charge in [-0.2, -0.15) is 10.4 Å². The maximum Gasteiger partial charge on any atom is 0.144 e. The van der Waals surface area contributed by atoms with Gasteiger partial charge in [0.1, 0.15) is 11.8 Å². The van der Waals surface area contributed by atoms with Crippen molar-refractivity contribution in [3.8, 4) is 6.07 Å². The molecule has 4 heteroatoms. The largest absolute Gasteiger partial charge is 0.191 e. The third kappa shape index (κ3) is 0.877.